The minimum absolute atomic E-state index is 0.0796. The van der Waals surface area contributed by atoms with Crippen molar-refractivity contribution >= 4 is 49.1 Å². The third-order valence-electron chi connectivity index (χ3n) is 6.35. The smallest absolute Gasteiger partial charge is 0.264 e. The summed E-state index contributed by atoms with van der Waals surface area (Å²) < 4.78 is 55.5. The molecule has 8 nitrogen and oxygen atoms in total. The van der Waals surface area contributed by atoms with Crippen LogP contribution in [-0.2, 0) is 24.8 Å². The first kappa shape index (κ1) is 28.2. The molecule has 0 spiro atoms. The second-order valence-corrected chi connectivity index (χ2v) is 13.7. The number of nitrogens with zero attached hydrogens (tertiary/aromatic N) is 2. The number of hydrogen-bond donors (Lipinski definition) is 1. The second-order valence-electron chi connectivity index (χ2n) is 9.06. The lowest BCUT2D eigenvalue weighted by Gasteiger charge is -2.26. The Morgan fingerprint density at radius 3 is 2.00 bits per heavy atom. The van der Waals surface area contributed by atoms with Gasteiger partial charge in [-0.15, -0.1) is 11.8 Å². The Hall–Kier alpha value is -2.86. The van der Waals surface area contributed by atoms with Crippen LogP contribution in [0.15, 0.2) is 87.5 Å². The fraction of sp³-hybridized carbons (Fsp3) is 0.296. The number of anilines is 2. The van der Waals surface area contributed by atoms with E-state index in [1.807, 2.05) is 13.2 Å². The quantitative estimate of drug-likeness (QED) is 0.372. The zero-order chi connectivity index (χ0) is 27.3. The summed E-state index contributed by atoms with van der Waals surface area (Å²) in [6.45, 7) is 2.45. The molecule has 11 heteroatoms. The Morgan fingerprint density at radius 2 is 1.42 bits per heavy atom. The minimum Gasteiger partial charge on any atom is -0.325 e. The van der Waals surface area contributed by atoms with Crippen molar-refractivity contribution in [2.75, 3.05) is 35.5 Å². The molecule has 3 aromatic rings. The summed E-state index contributed by atoms with van der Waals surface area (Å²) in [4.78, 5) is 14.2. The predicted octanol–water partition coefficient (Wildman–Crippen LogP) is 4.73. The van der Waals surface area contributed by atoms with Gasteiger partial charge in [-0.05, 0) is 86.7 Å². The van der Waals surface area contributed by atoms with Crippen LogP contribution < -0.4 is 9.62 Å². The van der Waals surface area contributed by atoms with Crippen LogP contribution in [-0.4, -0.2) is 52.9 Å². The van der Waals surface area contributed by atoms with Gasteiger partial charge in [0.2, 0.25) is 15.9 Å². The Morgan fingerprint density at radius 1 is 0.842 bits per heavy atom. The molecule has 1 saturated heterocycles. The molecule has 0 radical (unpaired) electrons. The molecule has 0 unspecified atom stereocenters. The molecule has 0 saturated carbocycles. The van der Waals surface area contributed by atoms with Crippen molar-refractivity contribution in [2.45, 2.75) is 40.9 Å². The molecule has 1 fully saturated rings. The summed E-state index contributed by atoms with van der Waals surface area (Å²) in [6, 6.07) is 19.4. The van der Waals surface area contributed by atoms with Crippen LogP contribution in [0.25, 0.3) is 0 Å². The number of carbonyl (C=O) groups excluding carboxylic acids is 1. The van der Waals surface area contributed by atoms with E-state index in [0.29, 0.717) is 24.5 Å². The topological polar surface area (TPSA) is 104 Å². The predicted molar refractivity (Wildman–Crippen MR) is 152 cm³/mol. The molecule has 1 N–H and O–H groups in total. The van der Waals surface area contributed by atoms with Crippen molar-refractivity contribution in [3.8, 4) is 0 Å². The number of amides is 1. The lowest BCUT2D eigenvalue weighted by Crippen LogP contribution is -2.38. The zero-order valence-electron chi connectivity index (χ0n) is 21.3. The van der Waals surface area contributed by atoms with Crippen LogP contribution in [0, 0.1) is 6.92 Å². The molecule has 0 aromatic heterocycles. The van der Waals surface area contributed by atoms with E-state index in [4.69, 9.17) is 0 Å². The molecule has 38 heavy (non-hydrogen) atoms. The number of rotatable bonds is 9. The highest BCUT2D eigenvalue weighted by Gasteiger charge is 2.28. The van der Waals surface area contributed by atoms with Gasteiger partial charge in [0.15, 0.2) is 0 Å². The van der Waals surface area contributed by atoms with Crippen LogP contribution in [0.1, 0.15) is 24.8 Å². The lowest BCUT2D eigenvalue weighted by molar-refractivity contribution is -0.114. The third-order valence-corrected chi connectivity index (χ3v) is 10.8. The summed E-state index contributed by atoms with van der Waals surface area (Å²) in [5, 5.41) is 2.70. The van der Waals surface area contributed by atoms with Gasteiger partial charge in [0.1, 0.15) is 6.54 Å². The number of thioether (sulfide) groups is 1. The van der Waals surface area contributed by atoms with E-state index < -0.39 is 32.5 Å². The molecule has 202 valence electrons. The Labute approximate surface area is 229 Å². The van der Waals surface area contributed by atoms with Gasteiger partial charge in [-0.2, -0.15) is 4.31 Å². The standard InChI is InChI=1S/C27H31N3O5S3/c1-21-6-10-23(11-7-21)30(38(34,35)26-16-12-24(36-2)13-17-26)20-27(31)28-22-8-14-25(15-9-22)37(32,33)29-18-4-3-5-19-29/h6-17H,3-5,18-20H2,1-2H3,(H,28,31). The molecule has 0 aliphatic carbocycles. The minimum atomic E-state index is -4.04. The second kappa shape index (κ2) is 11.9. The van der Waals surface area contributed by atoms with Crippen LogP contribution >= 0.6 is 11.8 Å². The average Bonchev–Trinajstić information content (AvgIpc) is 2.93. The Bertz CT molecular complexity index is 1470. The van der Waals surface area contributed by atoms with E-state index in [1.165, 1.54) is 52.5 Å². The number of hydrogen-bond acceptors (Lipinski definition) is 6. The third kappa shape index (κ3) is 6.40. The summed E-state index contributed by atoms with van der Waals surface area (Å²) in [5.41, 5.74) is 1.69. The highest BCUT2D eigenvalue weighted by molar-refractivity contribution is 7.98. The maximum Gasteiger partial charge on any atom is 0.264 e. The molecule has 1 heterocycles. The monoisotopic (exact) mass is 573 g/mol. The van der Waals surface area contributed by atoms with Crippen molar-refractivity contribution in [1.82, 2.24) is 4.31 Å². The van der Waals surface area contributed by atoms with Crippen molar-refractivity contribution in [2.24, 2.45) is 0 Å². The summed E-state index contributed by atoms with van der Waals surface area (Å²) in [5.74, 6) is -0.554. The lowest BCUT2D eigenvalue weighted by atomic mass is 10.2. The van der Waals surface area contributed by atoms with Crippen molar-refractivity contribution in [3.63, 3.8) is 0 Å². The van der Waals surface area contributed by atoms with Crippen molar-refractivity contribution in [3.05, 3.63) is 78.4 Å². The van der Waals surface area contributed by atoms with Crippen LogP contribution in [0.5, 0.6) is 0 Å². The molecule has 0 bridgehead atoms. The van der Waals surface area contributed by atoms with Gasteiger partial charge < -0.3 is 5.32 Å². The number of carbonyl (C=O) groups is 1. The van der Waals surface area contributed by atoms with Gasteiger partial charge in [0, 0.05) is 23.7 Å². The average molecular weight is 574 g/mol. The van der Waals surface area contributed by atoms with Gasteiger partial charge >= 0.3 is 0 Å². The van der Waals surface area contributed by atoms with Gasteiger partial charge in [-0.3, -0.25) is 9.10 Å². The van der Waals surface area contributed by atoms with E-state index >= 15 is 0 Å². The first-order chi connectivity index (χ1) is 18.1. The van der Waals surface area contributed by atoms with Crippen LogP contribution in [0.3, 0.4) is 0 Å². The Kier molecular flexibility index (Phi) is 8.81. The highest BCUT2D eigenvalue weighted by atomic mass is 32.2. The molecule has 1 aliphatic rings. The number of sulfonamides is 2. The van der Waals surface area contributed by atoms with E-state index in [9.17, 15) is 21.6 Å². The number of aryl methyl sites for hydroxylation is 1. The number of benzene rings is 3. The fourth-order valence-electron chi connectivity index (χ4n) is 4.20. The normalized spacial score (nSPS) is 14.7. The van der Waals surface area contributed by atoms with Crippen LogP contribution in [0.2, 0.25) is 0 Å². The van der Waals surface area contributed by atoms with E-state index in [1.54, 1.807) is 36.4 Å². The van der Waals surface area contributed by atoms with E-state index in [-0.39, 0.29) is 9.79 Å². The van der Waals surface area contributed by atoms with Gasteiger partial charge in [-0.25, -0.2) is 16.8 Å². The maximum absolute atomic E-state index is 13.6. The first-order valence-corrected chi connectivity index (χ1v) is 16.4. The van der Waals surface area contributed by atoms with Crippen LogP contribution in [0.4, 0.5) is 11.4 Å². The number of piperidine rings is 1. The summed E-state index contributed by atoms with van der Waals surface area (Å²) >= 11 is 1.50. The SMILES string of the molecule is CSc1ccc(S(=O)(=O)N(CC(=O)Nc2ccc(S(=O)(=O)N3CCCCC3)cc2)c2ccc(C)cc2)cc1. The molecule has 0 atom stereocenters. The molecular formula is C27H31N3O5S3. The molecule has 4 rings (SSSR count). The molecule has 1 amide bonds. The molecule has 3 aromatic carbocycles. The van der Waals surface area contributed by atoms with E-state index in [2.05, 4.69) is 5.32 Å². The first-order valence-electron chi connectivity index (χ1n) is 12.2. The summed E-state index contributed by atoms with van der Waals surface area (Å²) in [7, 11) is -7.63. The largest absolute Gasteiger partial charge is 0.325 e. The Balaban J connectivity index is 1.54. The van der Waals surface area contributed by atoms with Gasteiger partial charge in [0.25, 0.3) is 10.0 Å². The van der Waals surface area contributed by atoms with Crippen molar-refractivity contribution < 1.29 is 21.6 Å². The molecule has 1 aliphatic heterocycles. The zero-order valence-corrected chi connectivity index (χ0v) is 23.8. The number of nitrogens with one attached hydrogen (secondary N) is 1. The molecular weight excluding hydrogens is 543 g/mol. The van der Waals surface area contributed by atoms with Crippen molar-refractivity contribution in [1.29, 1.82) is 0 Å². The summed E-state index contributed by atoms with van der Waals surface area (Å²) in [6.07, 6.45) is 4.61. The fourth-order valence-corrected chi connectivity index (χ4v) is 7.54. The van der Waals surface area contributed by atoms with E-state index in [0.717, 1.165) is 34.0 Å². The van der Waals surface area contributed by atoms with Gasteiger partial charge in [0.05, 0.1) is 15.5 Å². The highest BCUT2D eigenvalue weighted by Crippen LogP contribution is 2.26. The maximum atomic E-state index is 13.6. The van der Waals surface area contributed by atoms with Gasteiger partial charge in [-0.1, -0.05) is 24.1 Å².